The molecule has 1 fully saturated rings. The van der Waals surface area contributed by atoms with E-state index in [1.54, 1.807) is 0 Å². The summed E-state index contributed by atoms with van der Waals surface area (Å²) >= 11 is 0. The van der Waals surface area contributed by atoms with Crippen molar-refractivity contribution >= 4 is 35.3 Å². The summed E-state index contributed by atoms with van der Waals surface area (Å²) in [5, 5.41) is 10.6. The van der Waals surface area contributed by atoms with E-state index in [0.29, 0.717) is 46.2 Å². The number of piperidine rings is 1. The number of fused-ring (bicyclic) bond motifs is 1. The van der Waals surface area contributed by atoms with Crippen molar-refractivity contribution in [2.75, 3.05) is 71.3 Å². The summed E-state index contributed by atoms with van der Waals surface area (Å²) in [4.78, 5) is 65.4. The van der Waals surface area contributed by atoms with Gasteiger partial charge in [-0.25, -0.2) is 4.79 Å². The number of carbonyl (C=O) groups excluding carboxylic acids is 5. The Labute approximate surface area is 229 Å². The molecule has 1 saturated heterocycles. The maximum absolute atomic E-state index is 13.1. The highest BCUT2D eigenvalue weighted by atomic mass is 16.6. The molecule has 3 N–H and O–H groups in total. The molecule has 16 nitrogen and oxygen atoms in total. The van der Waals surface area contributed by atoms with Crippen LogP contribution in [0, 0.1) is 0 Å². The summed E-state index contributed by atoms with van der Waals surface area (Å²) in [5.41, 5.74) is 8.31. The first kappa shape index (κ1) is 30.5. The summed E-state index contributed by atoms with van der Waals surface area (Å²) in [6.45, 7) is 3.25. The van der Waals surface area contributed by atoms with E-state index in [2.05, 4.69) is 26.0 Å². The van der Waals surface area contributed by atoms with E-state index >= 15 is 0 Å². The average molecular weight is 562 g/mol. The zero-order chi connectivity index (χ0) is 28.7. The number of azide groups is 1. The summed E-state index contributed by atoms with van der Waals surface area (Å²) in [6.07, 6.45) is 0.0504. The molecule has 1 aromatic rings. The van der Waals surface area contributed by atoms with E-state index < -0.39 is 35.7 Å². The van der Waals surface area contributed by atoms with Gasteiger partial charge in [-0.2, -0.15) is 0 Å². The van der Waals surface area contributed by atoms with Crippen LogP contribution >= 0.6 is 0 Å². The maximum atomic E-state index is 13.1. The monoisotopic (exact) mass is 561 g/mol. The molecule has 2 aliphatic rings. The summed E-state index contributed by atoms with van der Waals surface area (Å²) in [7, 11) is 0. The molecule has 216 valence electrons. The molecule has 0 saturated carbocycles. The minimum absolute atomic E-state index is 0.0115. The van der Waals surface area contributed by atoms with Gasteiger partial charge in [-0.15, -0.1) is 0 Å². The quantitative estimate of drug-likeness (QED) is 0.0797. The molecule has 16 heteroatoms. The van der Waals surface area contributed by atoms with Gasteiger partial charge < -0.3 is 29.6 Å². The number of rotatable bonds is 17. The Hall–Kier alpha value is -4.08. The fourth-order valence-electron chi connectivity index (χ4n) is 3.93. The lowest BCUT2D eigenvalue weighted by atomic mass is 10.0. The number of amides is 6. The zero-order valence-electron chi connectivity index (χ0n) is 21.8. The molecule has 0 spiro atoms. The molecule has 2 heterocycles. The van der Waals surface area contributed by atoms with Crippen LogP contribution in [0.1, 0.15) is 33.6 Å². The van der Waals surface area contributed by atoms with Gasteiger partial charge in [0.25, 0.3) is 11.8 Å². The minimum atomic E-state index is -1.10. The molecule has 6 amide bonds. The zero-order valence-corrected chi connectivity index (χ0v) is 21.8. The van der Waals surface area contributed by atoms with Gasteiger partial charge >= 0.3 is 6.03 Å². The molecule has 1 atom stereocenters. The summed E-state index contributed by atoms with van der Waals surface area (Å²) in [5.74, 6) is -2.54. The van der Waals surface area contributed by atoms with E-state index in [-0.39, 0.29) is 49.4 Å². The Kier molecular flexibility index (Phi) is 12.3. The molecule has 2 aliphatic heterocycles. The molecule has 0 radical (unpaired) electrons. The Morgan fingerprint density at radius 1 is 0.975 bits per heavy atom. The smallest absolute Gasteiger partial charge is 0.319 e. The number of nitrogens with one attached hydrogen (secondary N) is 3. The first-order valence-electron chi connectivity index (χ1n) is 12.6. The topological polar surface area (TPSA) is 210 Å². The van der Waals surface area contributed by atoms with Crippen LogP contribution in [0.25, 0.3) is 10.4 Å². The first-order valence-corrected chi connectivity index (χ1v) is 12.6. The van der Waals surface area contributed by atoms with Crippen LogP contribution in [0.3, 0.4) is 0 Å². The van der Waals surface area contributed by atoms with E-state index in [9.17, 15) is 24.0 Å². The lowest BCUT2D eigenvalue weighted by molar-refractivity contribution is -0.136. The van der Waals surface area contributed by atoms with Gasteiger partial charge in [0, 0.05) is 24.4 Å². The largest absolute Gasteiger partial charge is 0.379 e. The van der Waals surface area contributed by atoms with Crippen molar-refractivity contribution in [2.24, 2.45) is 5.11 Å². The van der Waals surface area contributed by atoms with Crippen molar-refractivity contribution in [3.63, 3.8) is 0 Å². The van der Waals surface area contributed by atoms with Gasteiger partial charge in [-0.1, -0.05) is 11.2 Å². The van der Waals surface area contributed by atoms with Crippen LogP contribution in [0.5, 0.6) is 0 Å². The molecular formula is C24H31N7O9. The standard InChI is InChI=1S/C24H31N7O9/c25-30-27-7-9-38-11-13-40-15-14-39-12-10-37-8-6-26-24(36)28-17-3-1-2-16-20(17)23(35)31(22(16)34)18-4-5-19(32)29-21(18)33/h1-3,18H,4-15H2,(H2,26,28,36)(H,29,32,33). The van der Waals surface area contributed by atoms with Gasteiger partial charge in [-0.3, -0.25) is 29.4 Å². The van der Waals surface area contributed by atoms with E-state index in [1.165, 1.54) is 18.2 Å². The lowest BCUT2D eigenvalue weighted by Gasteiger charge is -2.27. The maximum Gasteiger partial charge on any atom is 0.319 e. The Morgan fingerprint density at radius 2 is 1.62 bits per heavy atom. The molecule has 1 aromatic carbocycles. The number of urea groups is 1. The van der Waals surface area contributed by atoms with Gasteiger partial charge in [-0.05, 0) is 24.1 Å². The van der Waals surface area contributed by atoms with Crippen LogP contribution < -0.4 is 16.0 Å². The first-order chi connectivity index (χ1) is 19.4. The van der Waals surface area contributed by atoms with Crippen molar-refractivity contribution in [1.82, 2.24) is 15.5 Å². The number of anilines is 1. The van der Waals surface area contributed by atoms with Crippen LogP contribution in [-0.2, 0) is 28.5 Å². The summed E-state index contributed by atoms with van der Waals surface area (Å²) in [6, 6.07) is 2.74. The normalized spacial score (nSPS) is 16.4. The number of hydrogen-bond donors (Lipinski definition) is 3. The van der Waals surface area contributed by atoms with Gasteiger partial charge in [0.05, 0.1) is 69.7 Å². The van der Waals surface area contributed by atoms with Crippen LogP contribution in [-0.4, -0.2) is 107 Å². The van der Waals surface area contributed by atoms with Crippen molar-refractivity contribution in [3.05, 3.63) is 39.8 Å². The number of ether oxygens (including phenoxy) is 4. The lowest BCUT2D eigenvalue weighted by Crippen LogP contribution is -2.54. The third kappa shape index (κ3) is 8.72. The van der Waals surface area contributed by atoms with Crippen molar-refractivity contribution in [2.45, 2.75) is 18.9 Å². The number of hydrogen-bond acceptors (Lipinski definition) is 10. The molecular weight excluding hydrogens is 530 g/mol. The third-order valence-electron chi connectivity index (χ3n) is 5.76. The Bertz CT molecular complexity index is 1140. The second-order valence-electron chi connectivity index (χ2n) is 8.46. The fraction of sp³-hybridized carbons (Fsp3) is 0.542. The molecule has 40 heavy (non-hydrogen) atoms. The molecule has 3 rings (SSSR count). The van der Waals surface area contributed by atoms with Crippen molar-refractivity contribution < 1.29 is 42.9 Å². The predicted octanol–water partition coefficient (Wildman–Crippen LogP) is 0.586. The average Bonchev–Trinajstić information content (AvgIpc) is 3.18. The molecule has 1 unspecified atom stereocenters. The molecule has 0 aromatic heterocycles. The number of benzene rings is 1. The number of carbonyl (C=O) groups is 5. The number of imide groups is 2. The van der Waals surface area contributed by atoms with Crippen molar-refractivity contribution in [3.8, 4) is 0 Å². The predicted molar refractivity (Wildman–Crippen MR) is 137 cm³/mol. The van der Waals surface area contributed by atoms with Crippen molar-refractivity contribution in [1.29, 1.82) is 0 Å². The highest BCUT2D eigenvalue weighted by Crippen LogP contribution is 2.32. The Balaban J connectivity index is 1.29. The highest BCUT2D eigenvalue weighted by molar-refractivity contribution is 6.26. The van der Waals surface area contributed by atoms with Crippen LogP contribution in [0.4, 0.5) is 10.5 Å². The number of nitrogens with zero attached hydrogens (tertiary/aromatic N) is 4. The second kappa shape index (κ2) is 16.1. The van der Waals surface area contributed by atoms with Gasteiger partial charge in [0.1, 0.15) is 6.04 Å². The van der Waals surface area contributed by atoms with Gasteiger partial charge in [0.2, 0.25) is 11.8 Å². The third-order valence-corrected chi connectivity index (χ3v) is 5.76. The SMILES string of the molecule is [N-]=[N+]=NCCOCCOCCOCCOCCNC(=O)Nc1cccc2c1C(=O)N(C1CCC(=O)NC1=O)C2=O. The summed E-state index contributed by atoms with van der Waals surface area (Å²) < 4.78 is 21.3. The van der Waals surface area contributed by atoms with Crippen LogP contribution in [0.2, 0.25) is 0 Å². The highest BCUT2D eigenvalue weighted by Gasteiger charge is 2.45. The fourth-order valence-corrected chi connectivity index (χ4v) is 3.93. The van der Waals surface area contributed by atoms with Crippen LogP contribution in [0.15, 0.2) is 23.3 Å². The van der Waals surface area contributed by atoms with Gasteiger partial charge in [0.15, 0.2) is 0 Å². The minimum Gasteiger partial charge on any atom is -0.379 e. The van der Waals surface area contributed by atoms with E-state index in [4.69, 9.17) is 24.5 Å². The molecule has 0 aliphatic carbocycles. The Morgan fingerprint density at radius 3 is 2.27 bits per heavy atom. The molecule has 0 bridgehead atoms. The van der Waals surface area contributed by atoms with E-state index in [1.807, 2.05) is 0 Å². The van der Waals surface area contributed by atoms with E-state index in [0.717, 1.165) is 4.90 Å². The second-order valence-corrected chi connectivity index (χ2v) is 8.46.